The number of carbonyl (C=O) groups is 4. The summed E-state index contributed by atoms with van der Waals surface area (Å²) in [6.07, 6.45) is 0. The summed E-state index contributed by atoms with van der Waals surface area (Å²) >= 11 is 0. The van der Waals surface area contributed by atoms with Gasteiger partial charge in [0.25, 0.3) is 11.8 Å². The molecule has 2 aromatic rings. The third kappa shape index (κ3) is 5.74. The molecule has 140 valence electrons. The summed E-state index contributed by atoms with van der Waals surface area (Å²) in [5.41, 5.74) is 0.428. The van der Waals surface area contributed by atoms with Gasteiger partial charge in [0.05, 0.1) is 11.3 Å². The van der Waals surface area contributed by atoms with Crippen LogP contribution in [0.15, 0.2) is 48.5 Å². The van der Waals surface area contributed by atoms with Gasteiger partial charge in [-0.2, -0.15) is 0 Å². The summed E-state index contributed by atoms with van der Waals surface area (Å²) in [7, 11) is 0. The van der Waals surface area contributed by atoms with Crippen LogP contribution in [0.2, 0.25) is 0 Å². The first kappa shape index (κ1) is 19.8. The molecule has 0 saturated heterocycles. The lowest BCUT2D eigenvalue weighted by molar-refractivity contribution is -0.146. The summed E-state index contributed by atoms with van der Waals surface area (Å²) in [5.74, 6) is -3.22. The normalized spacial score (nSPS) is 10.0. The lowest BCUT2D eigenvalue weighted by Crippen LogP contribution is -2.32. The minimum atomic E-state index is -0.866. The van der Waals surface area contributed by atoms with E-state index in [1.165, 1.54) is 25.1 Å². The molecule has 2 amide bonds. The second kappa shape index (κ2) is 9.23. The number of rotatable bonds is 7. The number of ether oxygens (including phenoxy) is 1. The topological polar surface area (TPSA) is 102 Å². The lowest BCUT2D eigenvalue weighted by Gasteiger charge is -2.10. The molecule has 8 heteroatoms. The molecule has 27 heavy (non-hydrogen) atoms. The van der Waals surface area contributed by atoms with E-state index in [1.807, 2.05) is 0 Å². The van der Waals surface area contributed by atoms with E-state index >= 15 is 0 Å². The highest BCUT2D eigenvalue weighted by Crippen LogP contribution is 2.15. The molecular weight excluding hydrogens is 355 g/mol. The average Bonchev–Trinajstić information content (AvgIpc) is 2.65. The smallest absolute Gasteiger partial charge is 0.325 e. The number of amides is 2. The van der Waals surface area contributed by atoms with Crippen LogP contribution in [0.3, 0.4) is 0 Å². The third-order valence-electron chi connectivity index (χ3n) is 3.46. The standard InChI is InChI=1S/C19H17FN2O5/c1-12(23)13-6-3-5-9-16(13)22-17(24)11-27-18(25)10-21-19(26)14-7-2-4-8-15(14)20/h2-9H,10-11H2,1H3,(H,21,26)(H,22,24). The van der Waals surface area contributed by atoms with Crippen LogP contribution >= 0.6 is 0 Å². The number of esters is 1. The maximum absolute atomic E-state index is 13.5. The Morgan fingerprint density at radius 1 is 0.963 bits per heavy atom. The first-order valence-electron chi connectivity index (χ1n) is 7.96. The van der Waals surface area contributed by atoms with Gasteiger partial charge in [-0.25, -0.2) is 4.39 Å². The number of benzene rings is 2. The van der Waals surface area contributed by atoms with Gasteiger partial charge >= 0.3 is 5.97 Å². The van der Waals surface area contributed by atoms with Crippen molar-refractivity contribution in [2.45, 2.75) is 6.92 Å². The van der Waals surface area contributed by atoms with Crippen molar-refractivity contribution in [3.05, 3.63) is 65.5 Å². The van der Waals surface area contributed by atoms with E-state index in [0.29, 0.717) is 11.3 Å². The van der Waals surface area contributed by atoms with Gasteiger partial charge in [0.1, 0.15) is 12.4 Å². The van der Waals surface area contributed by atoms with E-state index in [-0.39, 0.29) is 11.3 Å². The van der Waals surface area contributed by atoms with Crippen molar-refractivity contribution in [1.29, 1.82) is 0 Å². The molecule has 0 fully saturated rings. The van der Waals surface area contributed by atoms with E-state index in [9.17, 15) is 23.6 Å². The summed E-state index contributed by atoms with van der Waals surface area (Å²) in [6.45, 7) is 0.244. The molecule has 0 aromatic heterocycles. The Kier molecular flexibility index (Phi) is 6.76. The number of nitrogens with one attached hydrogen (secondary N) is 2. The maximum atomic E-state index is 13.5. The fourth-order valence-electron chi connectivity index (χ4n) is 2.18. The minimum Gasteiger partial charge on any atom is -0.454 e. The maximum Gasteiger partial charge on any atom is 0.325 e. The van der Waals surface area contributed by atoms with Crippen LogP contribution in [0.4, 0.5) is 10.1 Å². The van der Waals surface area contributed by atoms with Gasteiger partial charge in [-0.15, -0.1) is 0 Å². The second-order valence-corrected chi connectivity index (χ2v) is 5.47. The number of para-hydroxylation sites is 1. The van der Waals surface area contributed by atoms with E-state index < -0.39 is 36.8 Å². The molecule has 7 nitrogen and oxygen atoms in total. The van der Waals surface area contributed by atoms with Crippen LogP contribution in [0.1, 0.15) is 27.6 Å². The van der Waals surface area contributed by atoms with Crippen LogP contribution < -0.4 is 10.6 Å². The number of hydrogen-bond donors (Lipinski definition) is 2. The quantitative estimate of drug-likeness (QED) is 0.571. The molecular formula is C19H17FN2O5. The highest BCUT2D eigenvalue weighted by Gasteiger charge is 2.14. The van der Waals surface area contributed by atoms with Crippen molar-refractivity contribution >= 4 is 29.3 Å². The zero-order valence-electron chi connectivity index (χ0n) is 14.5. The molecule has 0 radical (unpaired) electrons. The molecule has 0 bridgehead atoms. The highest BCUT2D eigenvalue weighted by atomic mass is 19.1. The molecule has 2 aromatic carbocycles. The Labute approximate surface area is 154 Å². The third-order valence-corrected chi connectivity index (χ3v) is 3.46. The van der Waals surface area contributed by atoms with Gasteiger partial charge in [0, 0.05) is 5.56 Å². The number of halogens is 1. The van der Waals surface area contributed by atoms with Gasteiger partial charge in [-0.05, 0) is 31.2 Å². The zero-order chi connectivity index (χ0) is 19.8. The highest BCUT2D eigenvalue weighted by molar-refractivity contribution is 6.04. The van der Waals surface area contributed by atoms with E-state index in [4.69, 9.17) is 4.74 Å². The van der Waals surface area contributed by atoms with Crippen molar-refractivity contribution in [2.75, 3.05) is 18.5 Å². The van der Waals surface area contributed by atoms with Gasteiger partial charge in [-0.1, -0.05) is 24.3 Å². The molecule has 0 aliphatic carbocycles. The Morgan fingerprint density at radius 3 is 2.26 bits per heavy atom. The first-order chi connectivity index (χ1) is 12.9. The Bertz CT molecular complexity index is 882. The van der Waals surface area contributed by atoms with Crippen LogP contribution in [-0.4, -0.2) is 36.7 Å². The van der Waals surface area contributed by atoms with Crippen molar-refractivity contribution in [3.8, 4) is 0 Å². The predicted octanol–water partition coefficient (Wildman–Crippen LogP) is 1.94. The van der Waals surface area contributed by atoms with Crippen LogP contribution in [-0.2, 0) is 14.3 Å². The number of Topliss-reactive ketones (excluding diaryl/α,β-unsaturated/α-hetero) is 1. The van der Waals surface area contributed by atoms with E-state index in [2.05, 4.69) is 10.6 Å². The van der Waals surface area contributed by atoms with Gasteiger partial charge in [0.15, 0.2) is 12.4 Å². The van der Waals surface area contributed by atoms with E-state index in [0.717, 1.165) is 6.07 Å². The summed E-state index contributed by atoms with van der Waals surface area (Å²) in [5, 5.41) is 4.68. The van der Waals surface area contributed by atoms with Crippen LogP contribution in [0.5, 0.6) is 0 Å². The van der Waals surface area contributed by atoms with Gasteiger partial charge in [0.2, 0.25) is 0 Å². The number of anilines is 1. The second-order valence-electron chi connectivity index (χ2n) is 5.47. The fourth-order valence-corrected chi connectivity index (χ4v) is 2.18. The molecule has 0 heterocycles. The van der Waals surface area contributed by atoms with Gasteiger partial charge < -0.3 is 15.4 Å². The average molecular weight is 372 g/mol. The largest absolute Gasteiger partial charge is 0.454 e. The summed E-state index contributed by atoms with van der Waals surface area (Å²) < 4.78 is 18.2. The van der Waals surface area contributed by atoms with Gasteiger partial charge in [-0.3, -0.25) is 19.2 Å². The van der Waals surface area contributed by atoms with Crippen molar-refractivity contribution in [3.63, 3.8) is 0 Å². The number of ketones is 1. The Morgan fingerprint density at radius 2 is 1.59 bits per heavy atom. The SMILES string of the molecule is CC(=O)c1ccccc1NC(=O)COC(=O)CNC(=O)c1ccccc1F. The monoisotopic (exact) mass is 372 g/mol. The molecule has 0 saturated carbocycles. The van der Waals surface area contributed by atoms with Crippen molar-refractivity contribution in [2.24, 2.45) is 0 Å². The minimum absolute atomic E-state index is 0.205. The molecule has 0 unspecified atom stereocenters. The molecule has 2 N–H and O–H groups in total. The number of hydrogen-bond acceptors (Lipinski definition) is 5. The molecule has 0 aliphatic heterocycles. The van der Waals surface area contributed by atoms with Crippen LogP contribution in [0.25, 0.3) is 0 Å². The molecule has 0 atom stereocenters. The zero-order valence-corrected chi connectivity index (χ0v) is 14.5. The molecule has 2 rings (SSSR count). The summed E-state index contributed by atoms with van der Waals surface area (Å²) in [6, 6.07) is 11.7. The van der Waals surface area contributed by atoms with Crippen LogP contribution in [0, 0.1) is 5.82 Å². The fraction of sp³-hybridized carbons (Fsp3) is 0.158. The number of carbonyl (C=O) groups excluding carboxylic acids is 4. The van der Waals surface area contributed by atoms with Crippen molar-refractivity contribution < 1.29 is 28.3 Å². The summed E-state index contributed by atoms with van der Waals surface area (Å²) in [4.78, 5) is 46.8. The molecule has 0 spiro atoms. The predicted molar refractivity (Wildman–Crippen MR) is 94.8 cm³/mol. The van der Waals surface area contributed by atoms with E-state index in [1.54, 1.807) is 24.3 Å². The molecule has 0 aliphatic rings. The first-order valence-corrected chi connectivity index (χ1v) is 7.96. The lowest BCUT2D eigenvalue weighted by atomic mass is 10.1. The Hall–Kier alpha value is -3.55. The Balaban J connectivity index is 1.80. The van der Waals surface area contributed by atoms with Crippen molar-refractivity contribution in [1.82, 2.24) is 5.32 Å².